The first-order valence-corrected chi connectivity index (χ1v) is 10.1. The van der Waals surface area contributed by atoms with Crippen molar-refractivity contribution in [2.75, 3.05) is 5.32 Å². The van der Waals surface area contributed by atoms with Crippen molar-refractivity contribution in [3.63, 3.8) is 0 Å². The summed E-state index contributed by atoms with van der Waals surface area (Å²) in [5, 5.41) is 10.7. The molecule has 0 atom stereocenters. The Morgan fingerprint density at radius 3 is 2.76 bits per heavy atom. The van der Waals surface area contributed by atoms with Crippen LogP contribution in [0.25, 0.3) is 10.8 Å². The summed E-state index contributed by atoms with van der Waals surface area (Å²) < 4.78 is 13.5. The molecule has 1 aliphatic rings. The van der Waals surface area contributed by atoms with E-state index in [1.54, 1.807) is 24.3 Å². The fraction of sp³-hybridized carbons (Fsp3) is 0.348. The van der Waals surface area contributed by atoms with E-state index in [1.807, 2.05) is 6.07 Å². The van der Waals surface area contributed by atoms with Crippen LogP contribution in [0.2, 0.25) is 0 Å². The lowest BCUT2D eigenvalue weighted by Crippen LogP contribution is -2.15. The van der Waals surface area contributed by atoms with Crippen molar-refractivity contribution < 1.29 is 9.18 Å². The summed E-state index contributed by atoms with van der Waals surface area (Å²) in [5.74, 6) is 0.331. The van der Waals surface area contributed by atoms with Crippen LogP contribution in [0.5, 0.6) is 0 Å². The smallest absolute Gasteiger partial charge is 0.272 e. The Labute approximate surface area is 168 Å². The van der Waals surface area contributed by atoms with Gasteiger partial charge >= 0.3 is 0 Å². The van der Waals surface area contributed by atoms with Gasteiger partial charge in [0.25, 0.3) is 5.56 Å². The van der Waals surface area contributed by atoms with Gasteiger partial charge in [-0.2, -0.15) is 5.10 Å². The van der Waals surface area contributed by atoms with Gasteiger partial charge in [-0.25, -0.2) is 9.49 Å². The van der Waals surface area contributed by atoms with Gasteiger partial charge in [-0.05, 0) is 42.2 Å². The molecule has 0 unspecified atom stereocenters. The second-order valence-corrected chi connectivity index (χ2v) is 7.80. The molecule has 1 saturated carbocycles. The lowest BCUT2D eigenvalue weighted by atomic mass is 10.0. The standard InChI is InChI=1S/C23H24FN3O2/c24-17-7-3-6-16(12-17)13-21-19-10-9-18(14-20(19)23(29)27-26-21)25-22(28)11-8-15-4-1-2-5-15/h3,6-7,9-10,12,14-15H,1-2,4-5,8,11,13H2,(H,25,28)(H,27,29). The number of amides is 1. The third-order valence-corrected chi connectivity index (χ3v) is 5.67. The van der Waals surface area contributed by atoms with Gasteiger partial charge in [-0.3, -0.25) is 9.59 Å². The zero-order chi connectivity index (χ0) is 20.2. The van der Waals surface area contributed by atoms with E-state index in [0.717, 1.165) is 12.0 Å². The number of anilines is 1. The maximum atomic E-state index is 13.5. The summed E-state index contributed by atoms with van der Waals surface area (Å²) in [4.78, 5) is 24.6. The minimum Gasteiger partial charge on any atom is -0.326 e. The van der Waals surface area contributed by atoms with E-state index in [2.05, 4.69) is 15.5 Å². The number of fused-ring (bicyclic) bond motifs is 1. The molecule has 0 radical (unpaired) electrons. The molecule has 5 nitrogen and oxygen atoms in total. The molecule has 1 aromatic heterocycles. The van der Waals surface area contributed by atoms with Crippen LogP contribution in [-0.2, 0) is 11.2 Å². The monoisotopic (exact) mass is 393 g/mol. The van der Waals surface area contributed by atoms with E-state index in [0.29, 0.717) is 40.9 Å². The lowest BCUT2D eigenvalue weighted by molar-refractivity contribution is -0.116. The third kappa shape index (κ3) is 4.70. The van der Waals surface area contributed by atoms with Gasteiger partial charge in [-0.15, -0.1) is 0 Å². The number of hydrogen-bond acceptors (Lipinski definition) is 3. The summed E-state index contributed by atoms with van der Waals surface area (Å²) in [6.07, 6.45) is 6.80. The second kappa shape index (κ2) is 8.55. The predicted molar refractivity (Wildman–Crippen MR) is 111 cm³/mol. The molecule has 6 heteroatoms. The molecule has 0 bridgehead atoms. The lowest BCUT2D eigenvalue weighted by Gasteiger charge is -2.10. The fourth-order valence-electron chi connectivity index (χ4n) is 4.13. The third-order valence-electron chi connectivity index (χ3n) is 5.67. The first kappa shape index (κ1) is 19.3. The SMILES string of the molecule is O=C(CCC1CCCC1)Nc1ccc2c(Cc3cccc(F)c3)n[nH]c(=O)c2c1. The molecule has 3 aromatic rings. The Morgan fingerprint density at radius 2 is 1.97 bits per heavy atom. The number of benzene rings is 2. The molecule has 1 heterocycles. The summed E-state index contributed by atoms with van der Waals surface area (Å²) in [6, 6.07) is 11.6. The number of aromatic amines is 1. The molecule has 1 aliphatic carbocycles. The quantitative estimate of drug-likeness (QED) is 0.645. The van der Waals surface area contributed by atoms with Crippen molar-refractivity contribution >= 4 is 22.4 Å². The zero-order valence-electron chi connectivity index (χ0n) is 16.2. The summed E-state index contributed by atoms with van der Waals surface area (Å²) in [6.45, 7) is 0. The van der Waals surface area contributed by atoms with Gasteiger partial charge in [-0.1, -0.05) is 43.9 Å². The van der Waals surface area contributed by atoms with E-state index in [1.165, 1.54) is 37.8 Å². The summed E-state index contributed by atoms with van der Waals surface area (Å²) >= 11 is 0. The van der Waals surface area contributed by atoms with Crippen LogP contribution < -0.4 is 10.9 Å². The Kier molecular flexibility index (Phi) is 5.69. The normalized spacial score (nSPS) is 14.4. The molecule has 0 saturated heterocycles. The van der Waals surface area contributed by atoms with E-state index in [9.17, 15) is 14.0 Å². The molecule has 2 N–H and O–H groups in total. The average molecular weight is 393 g/mol. The number of halogens is 1. The molecule has 29 heavy (non-hydrogen) atoms. The highest BCUT2D eigenvalue weighted by Gasteiger charge is 2.16. The topological polar surface area (TPSA) is 74.8 Å². The van der Waals surface area contributed by atoms with Crippen molar-refractivity contribution in [3.05, 3.63) is 69.9 Å². The van der Waals surface area contributed by atoms with E-state index in [4.69, 9.17) is 0 Å². The number of carbonyl (C=O) groups is 1. The fourth-order valence-corrected chi connectivity index (χ4v) is 4.13. The number of rotatable bonds is 6. The Morgan fingerprint density at radius 1 is 1.14 bits per heavy atom. The van der Waals surface area contributed by atoms with E-state index < -0.39 is 0 Å². The molecule has 0 aliphatic heterocycles. The first-order valence-electron chi connectivity index (χ1n) is 10.1. The van der Waals surface area contributed by atoms with Crippen LogP contribution in [0.1, 0.15) is 49.8 Å². The summed E-state index contributed by atoms with van der Waals surface area (Å²) in [7, 11) is 0. The van der Waals surface area contributed by atoms with Crippen molar-refractivity contribution in [2.24, 2.45) is 5.92 Å². The number of aromatic nitrogens is 2. The minimum atomic E-state index is -0.315. The summed E-state index contributed by atoms with van der Waals surface area (Å²) in [5.41, 5.74) is 1.71. The Bertz CT molecular complexity index is 1090. The highest BCUT2D eigenvalue weighted by Crippen LogP contribution is 2.28. The van der Waals surface area contributed by atoms with Crippen LogP contribution in [-0.4, -0.2) is 16.1 Å². The minimum absolute atomic E-state index is 0.0262. The number of carbonyl (C=O) groups excluding carboxylic acids is 1. The van der Waals surface area contributed by atoms with Crippen molar-refractivity contribution in [3.8, 4) is 0 Å². The zero-order valence-corrected chi connectivity index (χ0v) is 16.2. The highest BCUT2D eigenvalue weighted by molar-refractivity contribution is 5.94. The maximum absolute atomic E-state index is 13.5. The van der Waals surface area contributed by atoms with Crippen molar-refractivity contribution in [2.45, 2.75) is 44.9 Å². The molecular formula is C23H24FN3O2. The van der Waals surface area contributed by atoms with Gasteiger partial charge in [0.2, 0.25) is 5.91 Å². The van der Waals surface area contributed by atoms with Crippen LogP contribution in [0, 0.1) is 11.7 Å². The van der Waals surface area contributed by atoms with Crippen molar-refractivity contribution in [1.82, 2.24) is 10.2 Å². The predicted octanol–water partition coefficient (Wildman–Crippen LogP) is 4.56. The first-order chi connectivity index (χ1) is 14.1. The number of nitrogens with zero attached hydrogens (tertiary/aromatic N) is 1. The molecule has 0 spiro atoms. The molecule has 150 valence electrons. The molecular weight excluding hydrogens is 369 g/mol. The van der Waals surface area contributed by atoms with Gasteiger partial charge in [0.05, 0.1) is 11.1 Å². The molecule has 2 aromatic carbocycles. The van der Waals surface area contributed by atoms with E-state index >= 15 is 0 Å². The van der Waals surface area contributed by atoms with Gasteiger partial charge in [0.1, 0.15) is 5.82 Å². The van der Waals surface area contributed by atoms with Gasteiger partial charge in [0.15, 0.2) is 0 Å². The molecule has 4 rings (SSSR count). The number of hydrogen-bond donors (Lipinski definition) is 2. The van der Waals surface area contributed by atoms with Gasteiger partial charge < -0.3 is 5.32 Å². The van der Waals surface area contributed by atoms with Crippen LogP contribution in [0.3, 0.4) is 0 Å². The highest BCUT2D eigenvalue weighted by atomic mass is 19.1. The van der Waals surface area contributed by atoms with Crippen molar-refractivity contribution in [1.29, 1.82) is 0 Å². The van der Waals surface area contributed by atoms with Crippen LogP contribution >= 0.6 is 0 Å². The molecule has 1 fully saturated rings. The van der Waals surface area contributed by atoms with Gasteiger partial charge in [0, 0.05) is 23.9 Å². The Balaban J connectivity index is 1.51. The average Bonchev–Trinajstić information content (AvgIpc) is 3.23. The number of nitrogens with one attached hydrogen (secondary N) is 2. The Hall–Kier alpha value is -3.02. The van der Waals surface area contributed by atoms with Crippen LogP contribution in [0.4, 0.5) is 10.1 Å². The number of H-pyrrole nitrogens is 1. The van der Waals surface area contributed by atoms with E-state index in [-0.39, 0.29) is 17.3 Å². The maximum Gasteiger partial charge on any atom is 0.272 e. The molecule has 1 amide bonds. The largest absolute Gasteiger partial charge is 0.326 e. The van der Waals surface area contributed by atoms with Crippen LogP contribution in [0.15, 0.2) is 47.3 Å². The second-order valence-electron chi connectivity index (χ2n) is 7.80.